The minimum atomic E-state index is -0.632. The maximum atomic E-state index is 15.2. The Bertz CT molecular complexity index is 1690. The Morgan fingerprint density at radius 1 is 0.917 bits per heavy atom. The summed E-state index contributed by atoms with van der Waals surface area (Å²) < 4.78 is 29.3. The number of hydrogen-bond donors (Lipinski definition) is 3. The predicted molar refractivity (Wildman–Crippen MR) is 190 cm³/mol. The van der Waals surface area contributed by atoms with Gasteiger partial charge >= 0.3 is 6.03 Å². The second kappa shape index (κ2) is 16.5. The van der Waals surface area contributed by atoms with Crippen molar-refractivity contribution >= 4 is 34.2 Å². The molecular formula is C38H48FN5O4. The number of piperidine rings is 1. The van der Waals surface area contributed by atoms with Gasteiger partial charge in [-0.05, 0) is 94.1 Å². The molecule has 0 atom stereocenters. The third-order valence-electron chi connectivity index (χ3n) is 9.00. The molecule has 1 fully saturated rings. The fourth-order valence-corrected chi connectivity index (χ4v) is 6.19. The highest BCUT2D eigenvalue weighted by molar-refractivity contribution is 6.06. The Balaban J connectivity index is 1.21. The SMILES string of the molecule is CCCCN1CCC(n2ccc3cc(C(=O)Nc4ccc(Oc5ccc(NC(=O)NC(CC)CC)cc5OCC)cc4F)ccc32)CC1. The van der Waals surface area contributed by atoms with E-state index in [2.05, 4.69) is 38.5 Å². The van der Waals surface area contributed by atoms with Gasteiger partial charge in [0.15, 0.2) is 11.5 Å². The Morgan fingerprint density at radius 3 is 2.42 bits per heavy atom. The molecule has 9 nitrogen and oxygen atoms in total. The van der Waals surface area contributed by atoms with Crippen molar-refractivity contribution in [3.8, 4) is 17.2 Å². The van der Waals surface area contributed by atoms with Crippen molar-refractivity contribution in [1.82, 2.24) is 14.8 Å². The number of carbonyl (C=O) groups excluding carboxylic acids is 2. The van der Waals surface area contributed by atoms with Crippen LogP contribution in [-0.4, -0.2) is 53.7 Å². The number of fused-ring (bicyclic) bond motifs is 1. The van der Waals surface area contributed by atoms with Crippen LogP contribution < -0.4 is 25.4 Å². The van der Waals surface area contributed by atoms with Crippen molar-refractivity contribution in [2.75, 3.05) is 36.9 Å². The van der Waals surface area contributed by atoms with Gasteiger partial charge in [-0.3, -0.25) is 4.79 Å². The number of amides is 3. The van der Waals surface area contributed by atoms with E-state index in [1.807, 2.05) is 39.0 Å². The van der Waals surface area contributed by atoms with E-state index in [1.165, 1.54) is 31.5 Å². The van der Waals surface area contributed by atoms with Crippen LogP contribution in [0.15, 0.2) is 66.9 Å². The van der Waals surface area contributed by atoms with Crippen LogP contribution >= 0.6 is 0 Å². The van der Waals surface area contributed by atoms with Crippen molar-refractivity contribution in [2.24, 2.45) is 0 Å². The van der Waals surface area contributed by atoms with Crippen molar-refractivity contribution < 1.29 is 23.5 Å². The van der Waals surface area contributed by atoms with Crippen LogP contribution in [0.2, 0.25) is 0 Å². The summed E-state index contributed by atoms with van der Waals surface area (Å²) in [4.78, 5) is 28.1. The minimum Gasteiger partial charge on any atom is -0.490 e. The molecule has 0 bridgehead atoms. The zero-order chi connectivity index (χ0) is 34.0. The third-order valence-corrected chi connectivity index (χ3v) is 9.00. The van der Waals surface area contributed by atoms with Gasteiger partial charge in [0, 0.05) is 65.7 Å². The summed E-state index contributed by atoms with van der Waals surface area (Å²) in [5.41, 5.74) is 2.15. The van der Waals surface area contributed by atoms with Crippen molar-refractivity contribution in [2.45, 2.75) is 78.3 Å². The maximum Gasteiger partial charge on any atom is 0.319 e. The van der Waals surface area contributed by atoms with Gasteiger partial charge in [-0.15, -0.1) is 0 Å². The lowest BCUT2D eigenvalue weighted by molar-refractivity contribution is 0.102. The molecule has 4 aromatic rings. The predicted octanol–water partition coefficient (Wildman–Crippen LogP) is 8.97. The van der Waals surface area contributed by atoms with E-state index in [9.17, 15) is 9.59 Å². The molecule has 3 N–H and O–H groups in total. The van der Waals surface area contributed by atoms with Crippen molar-refractivity contribution in [3.05, 3.63) is 78.2 Å². The van der Waals surface area contributed by atoms with Crippen LogP contribution in [0, 0.1) is 5.82 Å². The summed E-state index contributed by atoms with van der Waals surface area (Å²) in [6.07, 6.45) is 8.48. The van der Waals surface area contributed by atoms with E-state index >= 15 is 4.39 Å². The molecule has 5 rings (SSSR count). The largest absolute Gasteiger partial charge is 0.490 e. The lowest BCUT2D eigenvalue weighted by atomic mass is 10.0. The molecule has 2 heterocycles. The molecule has 1 aliphatic rings. The molecule has 0 aliphatic carbocycles. The molecule has 48 heavy (non-hydrogen) atoms. The fraction of sp³-hybridized carbons (Fsp3) is 0.421. The topological polar surface area (TPSA) is 96.9 Å². The Morgan fingerprint density at radius 2 is 1.71 bits per heavy atom. The summed E-state index contributed by atoms with van der Waals surface area (Å²) in [6, 6.07) is 17.2. The third kappa shape index (κ3) is 8.66. The fourth-order valence-electron chi connectivity index (χ4n) is 6.19. The number of unbranched alkanes of at least 4 members (excludes halogenated alkanes) is 1. The number of rotatable bonds is 14. The number of aromatic nitrogens is 1. The number of carbonyl (C=O) groups is 2. The molecule has 3 amide bonds. The first-order valence-corrected chi connectivity index (χ1v) is 17.3. The molecule has 1 aromatic heterocycles. The van der Waals surface area contributed by atoms with E-state index in [0.29, 0.717) is 35.4 Å². The normalized spacial score (nSPS) is 13.9. The van der Waals surface area contributed by atoms with Crippen LogP contribution in [0.3, 0.4) is 0 Å². The molecule has 0 spiro atoms. The van der Waals surface area contributed by atoms with Crippen LogP contribution in [-0.2, 0) is 0 Å². The van der Waals surface area contributed by atoms with Crippen LogP contribution in [0.25, 0.3) is 10.9 Å². The zero-order valence-corrected chi connectivity index (χ0v) is 28.5. The quantitative estimate of drug-likeness (QED) is 0.126. The van der Waals surface area contributed by atoms with Gasteiger partial charge in [0.05, 0.1) is 12.3 Å². The number of benzene rings is 3. The molecule has 0 unspecified atom stereocenters. The number of halogens is 1. The number of anilines is 2. The van der Waals surface area contributed by atoms with Gasteiger partial charge in [-0.25, -0.2) is 9.18 Å². The molecule has 0 radical (unpaired) electrons. The Hall–Kier alpha value is -4.57. The second-order valence-electron chi connectivity index (χ2n) is 12.3. The van der Waals surface area contributed by atoms with E-state index in [-0.39, 0.29) is 23.5 Å². The van der Waals surface area contributed by atoms with E-state index < -0.39 is 11.7 Å². The lowest BCUT2D eigenvalue weighted by Crippen LogP contribution is -2.37. The minimum absolute atomic E-state index is 0.0490. The maximum absolute atomic E-state index is 15.2. The molecular weight excluding hydrogens is 609 g/mol. The summed E-state index contributed by atoms with van der Waals surface area (Å²) in [5, 5.41) is 9.45. The van der Waals surface area contributed by atoms with Crippen LogP contribution in [0.4, 0.5) is 20.6 Å². The van der Waals surface area contributed by atoms with Crippen molar-refractivity contribution in [1.29, 1.82) is 0 Å². The van der Waals surface area contributed by atoms with Gasteiger partial charge in [-0.1, -0.05) is 27.2 Å². The number of likely N-dealkylation sites (tertiary alicyclic amines) is 1. The summed E-state index contributed by atoms with van der Waals surface area (Å²) >= 11 is 0. The average Bonchev–Trinajstić information content (AvgIpc) is 3.52. The van der Waals surface area contributed by atoms with Crippen LogP contribution in [0.5, 0.6) is 17.2 Å². The molecule has 0 saturated carbocycles. The van der Waals surface area contributed by atoms with Crippen molar-refractivity contribution in [3.63, 3.8) is 0 Å². The smallest absolute Gasteiger partial charge is 0.319 e. The number of ether oxygens (including phenoxy) is 2. The highest BCUT2D eigenvalue weighted by Crippen LogP contribution is 2.35. The van der Waals surface area contributed by atoms with E-state index in [1.54, 1.807) is 30.3 Å². The number of nitrogens with zero attached hydrogens (tertiary/aromatic N) is 2. The van der Waals surface area contributed by atoms with Gasteiger partial charge in [0.1, 0.15) is 11.6 Å². The standard InChI is InChI=1S/C38H48FN5O4/c1-5-9-19-43-20-17-30(18-21-43)44-22-16-26-23-27(10-14-34(26)44)37(45)42-33-13-12-31(25-32(33)39)48-35-15-11-29(24-36(35)47-8-4)41-38(46)40-28(6-2)7-3/h10-16,22-25,28,30H,5-9,17-21H2,1-4H3,(H,42,45)(H2,40,41,46). The zero-order valence-electron chi connectivity index (χ0n) is 28.5. The summed E-state index contributed by atoms with van der Waals surface area (Å²) in [7, 11) is 0. The second-order valence-corrected chi connectivity index (χ2v) is 12.3. The molecule has 256 valence electrons. The molecule has 10 heteroatoms. The van der Waals surface area contributed by atoms with Gasteiger partial charge in [0.25, 0.3) is 5.91 Å². The van der Waals surface area contributed by atoms with Gasteiger partial charge in [-0.2, -0.15) is 0 Å². The summed E-state index contributed by atoms with van der Waals surface area (Å²) in [5.74, 6) is -0.0276. The highest BCUT2D eigenvalue weighted by Gasteiger charge is 2.22. The lowest BCUT2D eigenvalue weighted by Gasteiger charge is -2.33. The first-order valence-electron chi connectivity index (χ1n) is 17.3. The Kier molecular flexibility index (Phi) is 11.9. The molecule has 1 saturated heterocycles. The van der Waals surface area contributed by atoms with Gasteiger partial charge < -0.3 is 34.9 Å². The number of hydrogen-bond acceptors (Lipinski definition) is 5. The number of nitrogens with one attached hydrogen (secondary N) is 3. The monoisotopic (exact) mass is 657 g/mol. The number of urea groups is 1. The molecule has 3 aromatic carbocycles. The van der Waals surface area contributed by atoms with Crippen LogP contribution in [0.1, 0.15) is 82.6 Å². The first-order chi connectivity index (χ1) is 23.3. The van der Waals surface area contributed by atoms with E-state index in [4.69, 9.17) is 9.47 Å². The Labute approximate surface area is 282 Å². The van der Waals surface area contributed by atoms with E-state index in [0.717, 1.165) is 49.7 Å². The van der Waals surface area contributed by atoms with Gasteiger partial charge in [0.2, 0.25) is 0 Å². The highest BCUT2D eigenvalue weighted by atomic mass is 19.1. The first kappa shape index (κ1) is 34.8. The molecule has 1 aliphatic heterocycles. The summed E-state index contributed by atoms with van der Waals surface area (Å²) in [6.45, 7) is 11.9. The average molecular weight is 658 g/mol.